The number of benzene rings is 1. The molecule has 0 atom stereocenters. The fraction of sp³-hybridized carbons (Fsp3) is 0.300. The minimum Gasteiger partial charge on any atom is -0.465 e. The van der Waals surface area contributed by atoms with Gasteiger partial charge in [-0.1, -0.05) is 11.6 Å². The molecule has 1 N–H and O–H groups in total. The highest BCUT2D eigenvalue weighted by atomic mass is 35.5. The van der Waals surface area contributed by atoms with Gasteiger partial charge in [0.05, 0.1) is 22.6 Å². The van der Waals surface area contributed by atoms with Gasteiger partial charge in [0.1, 0.15) is 18.0 Å². The lowest BCUT2D eigenvalue weighted by molar-refractivity contribution is -0.384. The maximum atomic E-state index is 13.1. The number of nitrogens with one attached hydrogen (secondary N) is 1. The van der Waals surface area contributed by atoms with Crippen LogP contribution in [0.2, 0.25) is 5.02 Å². The normalized spacial score (nSPS) is 9.94. The average Bonchev–Trinajstić information content (AvgIpc) is 2.30. The zero-order valence-corrected chi connectivity index (χ0v) is 10.2. The van der Waals surface area contributed by atoms with Crippen molar-refractivity contribution in [1.29, 1.82) is 0 Å². The molecule has 0 amide bonds. The summed E-state index contributed by atoms with van der Waals surface area (Å²) >= 11 is 5.51. The zero-order chi connectivity index (χ0) is 13.7. The second-order valence-electron chi connectivity index (χ2n) is 3.20. The van der Waals surface area contributed by atoms with Gasteiger partial charge in [-0.15, -0.1) is 0 Å². The van der Waals surface area contributed by atoms with Gasteiger partial charge in [-0.2, -0.15) is 0 Å². The SMILES string of the molecule is CCOC(=O)CNc1cc(Cl)c(F)cc1[N+](=O)[O-]. The fourth-order valence-electron chi connectivity index (χ4n) is 1.21. The third-order valence-corrected chi connectivity index (χ3v) is 2.25. The number of nitro benzene ring substituents is 1. The lowest BCUT2D eigenvalue weighted by atomic mass is 10.2. The molecule has 0 saturated carbocycles. The van der Waals surface area contributed by atoms with Gasteiger partial charge in [0, 0.05) is 0 Å². The van der Waals surface area contributed by atoms with E-state index < -0.39 is 22.4 Å². The molecule has 0 radical (unpaired) electrons. The summed E-state index contributed by atoms with van der Waals surface area (Å²) in [5.41, 5.74) is -0.541. The minimum absolute atomic E-state index is 0.0422. The van der Waals surface area contributed by atoms with E-state index in [-0.39, 0.29) is 23.9 Å². The van der Waals surface area contributed by atoms with Crippen LogP contribution in [0.3, 0.4) is 0 Å². The lowest BCUT2D eigenvalue weighted by Gasteiger charge is -2.07. The molecule has 0 saturated heterocycles. The van der Waals surface area contributed by atoms with Crippen LogP contribution in [0.15, 0.2) is 12.1 Å². The number of ether oxygens (including phenoxy) is 1. The van der Waals surface area contributed by atoms with E-state index in [1.165, 1.54) is 0 Å². The Balaban J connectivity index is 2.90. The van der Waals surface area contributed by atoms with Crippen molar-refractivity contribution < 1.29 is 18.8 Å². The second kappa shape index (κ2) is 6.15. The third kappa shape index (κ3) is 3.56. The highest BCUT2D eigenvalue weighted by molar-refractivity contribution is 6.31. The Labute approximate surface area is 107 Å². The Morgan fingerprint density at radius 3 is 2.83 bits per heavy atom. The molecule has 0 spiro atoms. The maximum Gasteiger partial charge on any atom is 0.325 e. The van der Waals surface area contributed by atoms with Gasteiger partial charge in [0.2, 0.25) is 0 Å². The molecule has 8 heteroatoms. The predicted molar refractivity (Wildman–Crippen MR) is 63.2 cm³/mol. The molecule has 0 heterocycles. The lowest BCUT2D eigenvalue weighted by Crippen LogP contribution is -2.17. The van der Waals surface area contributed by atoms with Gasteiger partial charge >= 0.3 is 5.97 Å². The van der Waals surface area contributed by atoms with Crippen molar-refractivity contribution in [1.82, 2.24) is 0 Å². The van der Waals surface area contributed by atoms with Crippen LogP contribution in [0.4, 0.5) is 15.8 Å². The molecule has 0 aliphatic heterocycles. The number of carbonyl (C=O) groups is 1. The molecule has 1 aromatic carbocycles. The molecule has 6 nitrogen and oxygen atoms in total. The van der Waals surface area contributed by atoms with E-state index in [2.05, 4.69) is 10.1 Å². The molecule has 0 fully saturated rings. The van der Waals surface area contributed by atoms with Crippen molar-refractivity contribution >= 4 is 28.9 Å². The molecule has 18 heavy (non-hydrogen) atoms. The van der Waals surface area contributed by atoms with Crippen molar-refractivity contribution in [3.63, 3.8) is 0 Å². The number of carbonyl (C=O) groups excluding carboxylic acids is 1. The van der Waals surface area contributed by atoms with Crippen LogP contribution in [0, 0.1) is 15.9 Å². The Kier molecular flexibility index (Phi) is 4.85. The first kappa shape index (κ1) is 14.2. The van der Waals surface area contributed by atoms with Crippen molar-refractivity contribution in [3.8, 4) is 0 Å². The summed E-state index contributed by atoms with van der Waals surface area (Å²) in [6.45, 7) is 1.57. The van der Waals surface area contributed by atoms with Gasteiger partial charge < -0.3 is 10.1 Å². The van der Waals surface area contributed by atoms with Gasteiger partial charge in [0.15, 0.2) is 0 Å². The van der Waals surface area contributed by atoms with Gasteiger partial charge in [-0.05, 0) is 13.0 Å². The highest BCUT2D eigenvalue weighted by Crippen LogP contribution is 2.30. The topological polar surface area (TPSA) is 81.5 Å². The number of anilines is 1. The predicted octanol–water partition coefficient (Wildman–Crippen LogP) is 2.36. The highest BCUT2D eigenvalue weighted by Gasteiger charge is 2.18. The van der Waals surface area contributed by atoms with E-state index in [4.69, 9.17) is 11.6 Å². The maximum absolute atomic E-state index is 13.1. The van der Waals surface area contributed by atoms with E-state index in [9.17, 15) is 19.3 Å². The Bertz CT molecular complexity index is 481. The number of nitrogens with zero attached hydrogens (tertiary/aromatic N) is 1. The standard InChI is InChI=1S/C10H10ClFN2O4/c1-2-18-10(15)5-13-8-3-6(11)7(12)4-9(8)14(16)17/h3-4,13H,2,5H2,1H3. The summed E-state index contributed by atoms with van der Waals surface area (Å²) in [6, 6.07) is 1.74. The van der Waals surface area contributed by atoms with Gasteiger partial charge in [0.25, 0.3) is 5.69 Å². The van der Waals surface area contributed by atoms with E-state index in [0.29, 0.717) is 6.07 Å². The Morgan fingerprint density at radius 1 is 1.61 bits per heavy atom. The third-order valence-electron chi connectivity index (χ3n) is 1.96. The van der Waals surface area contributed by atoms with Gasteiger partial charge in [-0.25, -0.2) is 4.39 Å². The first-order valence-corrected chi connectivity index (χ1v) is 5.36. The number of nitro groups is 1. The van der Waals surface area contributed by atoms with E-state index in [1.54, 1.807) is 6.92 Å². The fourth-order valence-corrected chi connectivity index (χ4v) is 1.37. The monoisotopic (exact) mass is 276 g/mol. The van der Waals surface area contributed by atoms with Crippen LogP contribution in [-0.4, -0.2) is 24.0 Å². The number of esters is 1. The summed E-state index contributed by atoms with van der Waals surface area (Å²) < 4.78 is 17.7. The van der Waals surface area contributed by atoms with Crippen molar-refractivity contribution in [2.45, 2.75) is 6.92 Å². The molecule has 0 aliphatic carbocycles. The molecule has 1 rings (SSSR count). The smallest absolute Gasteiger partial charge is 0.325 e. The number of rotatable bonds is 5. The second-order valence-corrected chi connectivity index (χ2v) is 3.61. The number of hydrogen-bond donors (Lipinski definition) is 1. The van der Waals surface area contributed by atoms with Crippen LogP contribution in [0.1, 0.15) is 6.92 Å². The minimum atomic E-state index is -0.898. The van der Waals surface area contributed by atoms with Crippen LogP contribution in [-0.2, 0) is 9.53 Å². The zero-order valence-electron chi connectivity index (χ0n) is 9.41. The molecule has 1 aromatic rings. The average molecular weight is 277 g/mol. The van der Waals surface area contributed by atoms with Crippen LogP contribution >= 0.6 is 11.6 Å². The summed E-state index contributed by atoms with van der Waals surface area (Å²) in [5.74, 6) is -1.47. The van der Waals surface area contributed by atoms with Gasteiger partial charge in [-0.3, -0.25) is 14.9 Å². The summed E-state index contributed by atoms with van der Waals surface area (Å²) in [7, 11) is 0. The Morgan fingerprint density at radius 2 is 2.28 bits per heavy atom. The molecule has 0 aliphatic rings. The van der Waals surface area contributed by atoms with Crippen LogP contribution in [0.5, 0.6) is 0 Å². The summed E-state index contributed by atoms with van der Waals surface area (Å²) in [4.78, 5) is 21.0. The molecule has 98 valence electrons. The quantitative estimate of drug-likeness (QED) is 0.507. The molecular weight excluding hydrogens is 267 g/mol. The van der Waals surface area contributed by atoms with Crippen molar-refractivity contribution in [2.24, 2.45) is 0 Å². The van der Waals surface area contributed by atoms with Crippen LogP contribution in [0.25, 0.3) is 0 Å². The number of halogens is 2. The summed E-state index contributed by atoms with van der Waals surface area (Å²) in [5, 5.41) is 12.9. The number of hydrogen-bond acceptors (Lipinski definition) is 5. The largest absolute Gasteiger partial charge is 0.465 e. The van der Waals surface area contributed by atoms with E-state index >= 15 is 0 Å². The molecular formula is C10H10ClFN2O4. The first-order chi connectivity index (χ1) is 8.45. The van der Waals surface area contributed by atoms with Crippen molar-refractivity contribution in [2.75, 3.05) is 18.5 Å². The van der Waals surface area contributed by atoms with E-state index in [1.807, 2.05) is 0 Å². The molecule has 0 bridgehead atoms. The Hall–Kier alpha value is -1.89. The van der Waals surface area contributed by atoms with Crippen LogP contribution < -0.4 is 5.32 Å². The van der Waals surface area contributed by atoms with E-state index in [0.717, 1.165) is 6.07 Å². The van der Waals surface area contributed by atoms with Crippen molar-refractivity contribution in [3.05, 3.63) is 33.1 Å². The summed E-state index contributed by atoms with van der Waals surface area (Å²) in [6.07, 6.45) is 0. The molecule has 0 aromatic heterocycles. The molecule has 0 unspecified atom stereocenters. The first-order valence-electron chi connectivity index (χ1n) is 4.98.